The summed E-state index contributed by atoms with van der Waals surface area (Å²) in [6.45, 7) is 1.56. The third-order valence-electron chi connectivity index (χ3n) is 2.96. The summed E-state index contributed by atoms with van der Waals surface area (Å²) in [6, 6.07) is 9.68. The quantitative estimate of drug-likeness (QED) is 0.749. The predicted molar refractivity (Wildman–Crippen MR) is 81.4 cm³/mol. The van der Waals surface area contributed by atoms with E-state index in [0.717, 1.165) is 10.0 Å². The summed E-state index contributed by atoms with van der Waals surface area (Å²) in [5.41, 5.74) is 1.11. The Hall–Kier alpha value is -1.88. The fraction of sp³-hybridized carbons (Fsp3) is 0.188. The average Bonchev–Trinajstić information content (AvgIpc) is 2.46. The van der Waals surface area contributed by atoms with E-state index in [-0.39, 0.29) is 18.1 Å². The van der Waals surface area contributed by atoms with Crippen LogP contribution >= 0.6 is 15.9 Å². The Balaban J connectivity index is 2.17. The molecule has 3 nitrogen and oxygen atoms in total. The maximum absolute atomic E-state index is 13.9. The molecule has 0 bridgehead atoms. The van der Waals surface area contributed by atoms with Crippen molar-refractivity contribution < 1.29 is 18.7 Å². The molecule has 2 aromatic rings. The van der Waals surface area contributed by atoms with E-state index in [9.17, 15) is 9.18 Å². The number of carbonyl (C=O) groups excluding carboxylic acids is 1. The first-order chi connectivity index (χ1) is 10.0. The maximum Gasteiger partial charge on any atom is 0.165 e. The van der Waals surface area contributed by atoms with Crippen LogP contribution in [0.25, 0.3) is 0 Å². The van der Waals surface area contributed by atoms with Crippen LogP contribution in [-0.2, 0) is 6.61 Å². The Labute approximate surface area is 130 Å². The molecule has 0 saturated carbocycles. The Bertz CT molecular complexity index is 671. The van der Waals surface area contributed by atoms with Gasteiger partial charge in [-0.3, -0.25) is 4.79 Å². The second-order valence-corrected chi connectivity index (χ2v) is 5.36. The third-order valence-corrected chi connectivity index (χ3v) is 3.46. The Morgan fingerprint density at radius 1 is 1.19 bits per heavy atom. The van der Waals surface area contributed by atoms with Gasteiger partial charge in [0.05, 0.1) is 7.11 Å². The molecule has 5 heteroatoms. The molecule has 2 rings (SSSR count). The second-order valence-electron chi connectivity index (χ2n) is 4.45. The number of methoxy groups -OCH3 is 1. The number of halogens is 2. The minimum Gasteiger partial charge on any atom is -0.496 e. The SMILES string of the molecule is COc1ccc(Br)cc1COc1ccc(C(C)=O)cc1F. The zero-order chi connectivity index (χ0) is 15.4. The molecule has 0 atom stereocenters. The summed E-state index contributed by atoms with van der Waals surface area (Å²) in [5, 5.41) is 0. The van der Waals surface area contributed by atoms with E-state index in [4.69, 9.17) is 9.47 Å². The van der Waals surface area contributed by atoms with Gasteiger partial charge in [-0.2, -0.15) is 0 Å². The van der Waals surface area contributed by atoms with Gasteiger partial charge in [-0.15, -0.1) is 0 Å². The molecule has 0 heterocycles. The van der Waals surface area contributed by atoms with E-state index in [1.807, 2.05) is 12.1 Å². The molecule has 0 aromatic heterocycles. The first kappa shape index (κ1) is 15.5. The summed E-state index contributed by atoms with van der Waals surface area (Å²) < 4.78 is 25.4. The van der Waals surface area contributed by atoms with E-state index in [1.54, 1.807) is 19.2 Å². The van der Waals surface area contributed by atoms with Crippen molar-refractivity contribution in [1.82, 2.24) is 0 Å². The van der Waals surface area contributed by atoms with Crippen molar-refractivity contribution in [3.05, 3.63) is 57.8 Å². The summed E-state index contributed by atoms with van der Waals surface area (Å²) in [4.78, 5) is 11.2. The predicted octanol–water partition coefficient (Wildman–Crippen LogP) is 4.38. The van der Waals surface area contributed by atoms with Gasteiger partial charge in [-0.25, -0.2) is 4.39 Å². The van der Waals surface area contributed by atoms with Crippen molar-refractivity contribution in [3.63, 3.8) is 0 Å². The highest BCUT2D eigenvalue weighted by molar-refractivity contribution is 9.10. The van der Waals surface area contributed by atoms with Crippen LogP contribution in [0, 0.1) is 5.82 Å². The highest BCUT2D eigenvalue weighted by Crippen LogP contribution is 2.26. The molecule has 0 radical (unpaired) electrons. The molecule has 21 heavy (non-hydrogen) atoms. The highest BCUT2D eigenvalue weighted by atomic mass is 79.9. The Morgan fingerprint density at radius 2 is 1.90 bits per heavy atom. The fourth-order valence-electron chi connectivity index (χ4n) is 1.85. The van der Waals surface area contributed by atoms with E-state index in [2.05, 4.69) is 15.9 Å². The number of ketones is 1. The first-order valence-electron chi connectivity index (χ1n) is 6.27. The lowest BCUT2D eigenvalue weighted by Crippen LogP contribution is -2.01. The molecule has 2 aromatic carbocycles. The number of benzene rings is 2. The van der Waals surface area contributed by atoms with Crippen molar-refractivity contribution in [3.8, 4) is 11.5 Å². The largest absolute Gasteiger partial charge is 0.496 e. The molecular formula is C16H14BrFO3. The van der Waals surface area contributed by atoms with Crippen LogP contribution in [0.4, 0.5) is 4.39 Å². The van der Waals surface area contributed by atoms with Gasteiger partial charge in [0.25, 0.3) is 0 Å². The first-order valence-corrected chi connectivity index (χ1v) is 7.06. The summed E-state index contributed by atoms with van der Waals surface area (Å²) in [5.74, 6) is 0.0202. The molecule has 0 saturated heterocycles. The summed E-state index contributed by atoms with van der Waals surface area (Å²) in [6.07, 6.45) is 0. The number of Topliss-reactive ketones (excluding diaryl/α,β-unsaturated/α-hetero) is 1. The molecule has 0 amide bonds. The maximum atomic E-state index is 13.9. The van der Waals surface area contributed by atoms with Gasteiger partial charge < -0.3 is 9.47 Å². The number of carbonyl (C=O) groups is 1. The summed E-state index contributed by atoms with van der Waals surface area (Å²) in [7, 11) is 1.56. The van der Waals surface area contributed by atoms with E-state index < -0.39 is 5.82 Å². The van der Waals surface area contributed by atoms with Crippen LogP contribution in [0.5, 0.6) is 11.5 Å². The van der Waals surface area contributed by atoms with Gasteiger partial charge in [0.2, 0.25) is 0 Å². The Kier molecular flexibility index (Phi) is 4.96. The lowest BCUT2D eigenvalue weighted by Gasteiger charge is -2.11. The van der Waals surface area contributed by atoms with Gasteiger partial charge in [0.15, 0.2) is 17.3 Å². The Morgan fingerprint density at radius 3 is 2.52 bits per heavy atom. The zero-order valence-electron chi connectivity index (χ0n) is 11.7. The molecule has 0 aliphatic rings. The molecule has 0 aliphatic carbocycles. The highest BCUT2D eigenvalue weighted by Gasteiger charge is 2.10. The molecule has 0 N–H and O–H groups in total. The van der Waals surface area contributed by atoms with Gasteiger partial charge in [0, 0.05) is 15.6 Å². The fourth-order valence-corrected chi connectivity index (χ4v) is 2.26. The minimum absolute atomic E-state index is 0.0991. The van der Waals surface area contributed by atoms with Crippen molar-refractivity contribution in [2.45, 2.75) is 13.5 Å². The monoisotopic (exact) mass is 352 g/mol. The van der Waals surface area contributed by atoms with Crippen LogP contribution in [0.1, 0.15) is 22.8 Å². The van der Waals surface area contributed by atoms with Crippen LogP contribution in [0.2, 0.25) is 0 Å². The number of ether oxygens (including phenoxy) is 2. The zero-order valence-corrected chi connectivity index (χ0v) is 13.2. The van der Waals surface area contributed by atoms with Gasteiger partial charge in [-0.1, -0.05) is 15.9 Å². The topological polar surface area (TPSA) is 35.5 Å². The van der Waals surface area contributed by atoms with Crippen LogP contribution in [-0.4, -0.2) is 12.9 Å². The van der Waals surface area contributed by atoms with E-state index >= 15 is 0 Å². The standard InChI is InChI=1S/C16H14BrFO3/c1-10(19)11-3-5-16(14(18)8-11)21-9-12-7-13(17)4-6-15(12)20-2/h3-8H,9H2,1-2H3. The number of hydrogen-bond donors (Lipinski definition) is 0. The minimum atomic E-state index is -0.559. The van der Waals surface area contributed by atoms with Crippen LogP contribution in [0.3, 0.4) is 0 Å². The van der Waals surface area contributed by atoms with Gasteiger partial charge in [0.1, 0.15) is 12.4 Å². The number of rotatable bonds is 5. The number of hydrogen-bond acceptors (Lipinski definition) is 3. The van der Waals surface area contributed by atoms with Gasteiger partial charge in [-0.05, 0) is 43.3 Å². The molecule has 0 spiro atoms. The van der Waals surface area contributed by atoms with Crippen molar-refractivity contribution >= 4 is 21.7 Å². The third kappa shape index (κ3) is 3.82. The average molecular weight is 353 g/mol. The molecule has 0 aliphatic heterocycles. The van der Waals surface area contributed by atoms with E-state index in [1.165, 1.54) is 19.1 Å². The molecule has 0 unspecified atom stereocenters. The lowest BCUT2D eigenvalue weighted by molar-refractivity contribution is 0.101. The molecule has 110 valence electrons. The van der Waals surface area contributed by atoms with Crippen molar-refractivity contribution in [2.24, 2.45) is 0 Å². The van der Waals surface area contributed by atoms with Crippen LogP contribution in [0.15, 0.2) is 40.9 Å². The normalized spacial score (nSPS) is 10.3. The van der Waals surface area contributed by atoms with Crippen molar-refractivity contribution in [1.29, 1.82) is 0 Å². The lowest BCUT2D eigenvalue weighted by atomic mass is 10.1. The molecular weight excluding hydrogens is 339 g/mol. The van der Waals surface area contributed by atoms with Crippen LogP contribution < -0.4 is 9.47 Å². The van der Waals surface area contributed by atoms with Crippen molar-refractivity contribution in [2.75, 3.05) is 7.11 Å². The smallest absolute Gasteiger partial charge is 0.165 e. The molecule has 0 fully saturated rings. The van der Waals surface area contributed by atoms with Gasteiger partial charge >= 0.3 is 0 Å². The summed E-state index contributed by atoms with van der Waals surface area (Å²) >= 11 is 3.37. The second kappa shape index (κ2) is 6.72. The van der Waals surface area contributed by atoms with E-state index in [0.29, 0.717) is 11.3 Å².